The van der Waals surface area contributed by atoms with Crippen molar-refractivity contribution >= 4 is 44.8 Å². The zero-order valence-electron chi connectivity index (χ0n) is 17.9. The largest absolute Gasteiger partial charge is 0.376 e. The Kier molecular flexibility index (Phi) is 8.43. The molecule has 31 heavy (non-hydrogen) atoms. The van der Waals surface area contributed by atoms with Crippen molar-refractivity contribution in [3.05, 3.63) is 53.1 Å². The number of halogens is 1. The Morgan fingerprint density at radius 2 is 1.68 bits per heavy atom. The van der Waals surface area contributed by atoms with Gasteiger partial charge in [0, 0.05) is 29.5 Å². The summed E-state index contributed by atoms with van der Waals surface area (Å²) in [5.41, 5.74) is 1.92. The molecule has 0 spiro atoms. The first-order chi connectivity index (χ1) is 14.5. The lowest BCUT2D eigenvalue weighted by Crippen LogP contribution is -2.36. The molecule has 2 aromatic rings. The van der Waals surface area contributed by atoms with E-state index < -0.39 is 10.0 Å². The van der Waals surface area contributed by atoms with E-state index in [1.165, 1.54) is 23.5 Å². The maximum atomic E-state index is 12.5. The highest BCUT2D eigenvalue weighted by molar-refractivity contribution is 7.89. The molecule has 0 saturated carbocycles. The molecule has 8 nitrogen and oxygen atoms in total. The summed E-state index contributed by atoms with van der Waals surface area (Å²) in [5, 5.41) is 8.66. The van der Waals surface area contributed by atoms with Gasteiger partial charge in [0.1, 0.15) is 0 Å². The Hall–Kier alpha value is -2.62. The predicted molar refractivity (Wildman–Crippen MR) is 123 cm³/mol. The van der Waals surface area contributed by atoms with Gasteiger partial charge in [-0.3, -0.25) is 9.59 Å². The summed E-state index contributed by atoms with van der Waals surface area (Å²) < 4.78 is 26.2. The Labute approximate surface area is 188 Å². The lowest BCUT2D eigenvalue weighted by atomic mass is 10.2. The van der Waals surface area contributed by atoms with Crippen LogP contribution in [0.3, 0.4) is 0 Å². The first kappa shape index (κ1) is 24.6. The molecule has 0 unspecified atom stereocenters. The SMILES string of the molecule is Cc1c(Cl)cccc1NC(=O)CNC(=O)CNc1ccc(S(=O)(=O)N(C)C(C)C)cc1. The number of benzene rings is 2. The number of nitrogens with one attached hydrogen (secondary N) is 3. The van der Waals surface area contributed by atoms with Crippen LogP contribution < -0.4 is 16.0 Å². The molecule has 0 atom stereocenters. The van der Waals surface area contributed by atoms with E-state index in [1.807, 2.05) is 0 Å². The van der Waals surface area contributed by atoms with Crippen LogP contribution in [-0.2, 0) is 19.6 Å². The fourth-order valence-electron chi connectivity index (χ4n) is 2.55. The van der Waals surface area contributed by atoms with Crippen LogP contribution in [0.5, 0.6) is 0 Å². The number of rotatable bonds is 9. The molecule has 10 heteroatoms. The summed E-state index contributed by atoms with van der Waals surface area (Å²) in [6, 6.07) is 11.2. The third kappa shape index (κ3) is 6.68. The first-order valence-corrected chi connectivity index (χ1v) is 11.5. The van der Waals surface area contributed by atoms with Crippen molar-refractivity contribution in [2.45, 2.75) is 31.7 Å². The van der Waals surface area contributed by atoms with Crippen molar-refractivity contribution in [2.24, 2.45) is 0 Å². The molecule has 3 N–H and O–H groups in total. The minimum atomic E-state index is -3.56. The number of nitrogens with zero attached hydrogens (tertiary/aromatic N) is 1. The van der Waals surface area contributed by atoms with Crippen molar-refractivity contribution in [3.8, 4) is 0 Å². The molecule has 0 heterocycles. The molecule has 0 radical (unpaired) electrons. The number of anilines is 2. The maximum Gasteiger partial charge on any atom is 0.243 e. The second-order valence-corrected chi connectivity index (χ2v) is 9.63. The summed E-state index contributed by atoms with van der Waals surface area (Å²) >= 11 is 6.02. The van der Waals surface area contributed by atoms with Crippen molar-refractivity contribution in [1.82, 2.24) is 9.62 Å². The average molecular weight is 467 g/mol. The van der Waals surface area contributed by atoms with Crippen LogP contribution in [0.4, 0.5) is 11.4 Å². The van der Waals surface area contributed by atoms with Crippen molar-refractivity contribution in [1.29, 1.82) is 0 Å². The highest BCUT2D eigenvalue weighted by Crippen LogP contribution is 2.22. The zero-order valence-corrected chi connectivity index (χ0v) is 19.5. The summed E-state index contributed by atoms with van der Waals surface area (Å²) in [6.45, 7) is 5.12. The van der Waals surface area contributed by atoms with Gasteiger partial charge in [-0.05, 0) is 62.7 Å². The molecule has 0 aliphatic heterocycles. The second-order valence-electron chi connectivity index (χ2n) is 7.23. The maximum absolute atomic E-state index is 12.5. The van der Waals surface area contributed by atoms with Gasteiger partial charge < -0.3 is 16.0 Å². The van der Waals surface area contributed by atoms with E-state index in [9.17, 15) is 18.0 Å². The van der Waals surface area contributed by atoms with Crippen molar-refractivity contribution in [2.75, 3.05) is 30.8 Å². The number of hydrogen-bond acceptors (Lipinski definition) is 5. The van der Waals surface area contributed by atoms with Crippen LogP contribution >= 0.6 is 11.6 Å². The molecule has 168 valence electrons. The standard InChI is InChI=1S/C21H27ClN4O4S/c1-14(2)26(4)31(29,30)17-10-8-16(9-11-17)23-12-20(27)24-13-21(28)25-19-7-5-6-18(22)15(19)3/h5-11,14,23H,12-13H2,1-4H3,(H,24,27)(H,25,28). The summed E-state index contributed by atoms with van der Waals surface area (Å²) in [6.07, 6.45) is 0. The van der Waals surface area contributed by atoms with Crippen LogP contribution in [0.2, 0.25) is 5.02 Å². The van der Waals surface area contributed by atoms with Gasteiger partial charge in [-0.2, -0.15) is 4.31 Å². The third-order valence-corrected chi connectivity index (χ3v) is 7.16. The minimum Gasteiger partial charge on any atom is -0.376 e. The monoisotopic (exact) mass is 466 g/mol. The van der Waals surface area contributed by atoms with Gasteiger partial charge in [-0.25, -0.2) is 8.42 Å². The number of carbonyl (C=O) groups is 2. The fraction of sp³-hybridized carbons (Fsp3) is 0.333. The van der Waals surface area contributed by atoms with Gasteiger partial charge in [0.15, 0.2) is 0 Å². The summed E-state index contributed by atoms with van der Waals surface area (Å²) in [5.74, 6) is -0.753. The Balaban J connectivity index is 1.83. The van der Waals surface area contributed by atoms with E-state index in [0.29, 0.717) is 16.4 Å². The molecule has 2 amide bonds. The van der Waals surface area contributed by atoms with Gasteiger partial charge in [-0.1, -0.05) is 17.7 Å². The van der Waals surface area contributed by atoms with Crippen LogP contribution in [0.15, 0.2) is 47.4 Å². The highest BCUT2D eigenvalue weighted by atomic mass is 35.5. The Morgan fingerprint density at radius 3 is 2.29 bits per heavy atom. The molecule has 0 aliphatic carbocycles. The van der Waals surface area contributed by atoms with E-state index in [0.717, 1.165) is 5.56 Å². The van der Waals surface area contributed by atoms with Crippen LogP contribution in [-0.4, -0.2) is 50.7 Å². The van der Waals surface area contributed by atoms with Crippen LogP contribution in [0.1, 0.15) is 19.4 Å². The first-order valence-electron chi connectivity index (χ1n) is 9.66. The molecular weight excluding hydrogens is 440 g/mol. The van der Waals surface area contributed by atoms with E-state index >= 15 is 0 Å². The lowest BCUT2D eigenvalue weighted by Gasteiger charge is -2.21. The van der Waals surface area contributed by atoms with Crippen molar-refractivity contribution < 1.29 is 18.0 Å². The lowest BCUT2D eigenvalue weighted by molar-refractivity contribution is -0.122. The van der Waals surface area contributed by atoms with Crippen LogP contribution in [0.25, 0.3) is 0 Å². The topological polar surface area (TPSA) is 108 Å². The molecule has 0 aliphatic rings. The fourth-order valence-corrected chi connectivity index (χ4v) is 4.09. The van der Waals surface area contributed by atoms with Gasteiger partial charge in [0.05, 0.1) is 18.0 Å². The van der Waals surface area contributed by atoms with Gasteiger partial charge >= 0.3 is 0 Å². The second kappa shape index (κ2) is 10.6. The smallest absolute Gasteiger partial charge is 0.243 e. The van der Waals surface area contributed by atoms with Crippen molar-refractivity contribution in [3.63, 3.8) is 0 Å². The Bertz CT molecular complexity index is 1040. The molecule has 0 fully saturated rings. The van der Waals surface area contributed by atoms with Crippen LogP contribution in [0, 0.1) is 6.92 Å². The summed E-state index contributed by atoms with van der Waals surface area (Å²) in [7, 11) is -2.03. The third-order valence-electron chi connectivity index (χ3n) is 4.70. The van der Waals surface area contributed by atoms with E-state index in [4.69, 9.17) is 11.6 Å². The number of amides is 2. The average Bonchev–Trinajstić information content (AvgIpc) is 2.73. The van der Waals surface area contributed by atoms with E-state index in [-0.39, 0.29) is 35.8 Å². The minimum absolute atomic E-state index is 0.0680. The molecule has 0 bridgehead atoms. The number of sulfonamides is 1. The normalized spacial score (nSPS) is 11.5. The highest BCUT2D eigenvalue weighted by Gasteiger charge is 2.22. The van der Waals surface area contributed by atoms with E-state index in [1.54, 1.807) is 51.1 Å². The predicted octanol–water partition coefficient (Wildman–Crippen LogP) is 2.84. The number of carbonyl (C=O) groups excluding carboxylic acids is 2. The van der Waals surface area contributed by atoms with Gasteiger partial charge in [0.25, 0.3) is 0 Å². The van der Waals surface area contributed by atoms with E-state index in [2.05, 4.69) is 16.0 Å². The molecule has 2 rings (SSSR count). The van der Waals surface area contributed by atoms with Gasteiger partial charge in [0.2, 0.25) is 21.8 Å². The zero-order chi connectivity index (χ0) is 23.2. The molecule has 2 aromatic carbocycles. The Morgan fingerprint density at radius 1 is 1.03 bits per heavy atom. The van der Waals surface area contributed by atoms with Gasteiger partial charge in [-0.15, -0.1) is 0 Å². The molecular formula is C21H27ClN4O4S. The molecule has 0 saturated heterocycles. The summed E-state index contributed by atoms with van der Waals surface area (Å²) in [4.78, 5) is 24.2. The quantitative estimate of drug-likeness (QED) is 0.526. The number of hydrogen-bond donors (Lipinski definition) is 3. The molecule has 0 aromatic heterocycles.